The SMILES string of the molecule is CC(C)(C)OC(=O)NCCCN1CCC(NC(=O)OCc2ccccc2)CC1. The predicted octanol–water partition coefficient (Wildman–Crippen LogP) is 3.29. The lowest BCUT2D eigenvalue weighted by atomic mass is 10.1. The van der Waals surface area contributed by atoms with Crippen LogP contribution in [0.5, 0.6) is 0 Å². The van der Waals surface area contributed by atoms with Crippen molar-refractivity contribution in [3.8, 4) is 0 Å². The Kier molecular flexibility index (Phi) is 8.57. The van der Waals surface area contributed by atoms with Crippen molar-refractivity contribution in [3.05, 3.63) is 35.9 Å². The highest BCUT2D eigenvalue weighted by molar-refractivity contribution is 5.68. The maximum Gasteiger partial charge on any atom is 0.407 e. The molecule has 1 aromatic carbocycles. The van der Waals surface area contributed by atoms with E-state index < -0.39 is 5.60 Å². The molecule has 1 aromatic rings. The molecule has 0 spiro atoms. The summed E-state index contributed by atoms with van der Waals surface area (Å²) in [6.07, 6.45) is 1.95. The summed E-state index contributed by atoms with van der Waals surface area (Å²) < 4.78 is 10.5. The summed E-state index contributed by atoms with van der Waals surface area (Å²) in [5.74, 6) is 0. The van der Waals surface area contributed by atoms with E-state index in [0.29, 0.717) is 6.54 Å². The minimum absolute atomic E-state index is 0.152. The first kappa shape index (κ1) is 22.0. The van der Waals surface area contributed by atoms with Crippen molar-refractivity contribution >= 4 is 12.2 Å². The summed E-state index contributed by atoms with van der Waals surface area (Å²) >= 11 is 0. The Bertz CT molecular complexity index is 608. The van der Waals surface area contributed by atoms with Crippen LogP contribution in [-0.4, -0.2) is 54.9 Å². The van der Waals surface area contributed by atoms with Gasteiger partial charge in [0.2, 0.25) is 0 Å². The highest BCUT2D eigenvalue weighted by Crippen LogP contribution is 2.11. The maximum atomic E-state index is 11.9. The van der Waals surface area contributed by atoms with E-state index in [1.54, 1.807) is 0 Å². The third-order valence-corrected chi connectivity index (χ3v) is 4.44. The van der Waals surface area contributed by atoms with Crippen LogP contribution in [0.4, 0.5) is 9.59 Å². The van der Waals surface area contributed by atoms with Gasteiger partial charge in [-0.15, -0.1) is 0 Å². The molecule has 0 unspecified atom stereocenters. The molecule has 28 heavy (non-hydrogen) atoms. The third-order valence-electron chi connectivity index (χ3n) is 4.44. The van der Waals surface area contributed by atoms with Crippen molar-refractivity contribution < 1.29 is 19.1 Å². The number of nitrogens with zero attached hydrogens (tertiary/aromatic N) is 1. The molecule has 1 fully saturated rings. The summed E-state index contributed by atoms with van der Waals surface area (Å²) in [5, 5.41) is 5.73. The molecular weight excluding hydrogens is 358 g/mol. The van der Waals surface area contributed by atoms with Gasteiger partial charge < -0.3 is 25.0 Å². The van der Waals surface area contributed by atoms with E-state index in [1.165, 1.54) is 0 Å². The first-order chi connectivity index (χ1) is 13.3. The molecule has 7 heteroatoms. The van der Waals surface area contributed by atoms with Gasteiger partial charge in [-0.05, 0) is 52.1 Å². The van der Waals surface area contributed by atoms with Gasteiger partial charge in [-0.25, -0.2) is 9.59 Å². The molecule has 1 heterocycles. The van der Waals surface area contributed by atoms with E-state index in [4.69, 9.17) is 9.47 Å². The molecule has 0 bridgehead atoms. The highest BCUT2D eigenvalue weighted by atomic mass is 16.6. The zero-order valence-corrected chi connectivity index (χ0v) is 17.2. The summed E-state index contributed by atoms with van der Waals surface area (Å²) in [5.41, 5.74) is 0.508. The Morgan fingerprint density at radius 2 is 1.79 bits per heavy atom. The fourth-order valence-electron chi connectivity index (χ4n) is 3.04. The van der Waals surface area contributed by atoms with Gasteiger partial charge in [0.25, 0.3) is 0 Å². The van der Waals surface area contributed by atoms with Crippen molar-refractivity contribution in [2.24, 2.45) is 0 Å². The van der Waals surface area contributed by atoms with E-state index >= 15 is 0 Å². The Morgan fingerprint density at radius 3 is 2.43 bits per heavy atom. The number of likely N-dealkylation sites (tertiary alicyclic amines) is 1. The number of hydrogen-bond donors (Lipinski definition) is 2. The molecule has 0 aliphatic carbocycles. The van der Waals surface area contributed by atoms with Gasteiger partial charge in [0.1, 0.15) is 12.2 Å². The fraction of sp³-hybridized carbons (Fsp3) is 0.619. The Labute approximate surface area is 167 Å². The van der Waals surface area contributed by atoms with Crippen molar-refractivity contribution in [2.45, 2.75) is 58.3 Å². The molecule has 0 saturated carbocycles. The summed E-state index contributed by atoms with van der Waals surface area (Å²) in [6.45, 7) is 9.20. The number of hydrogen-bond acceptors (Lipinski definition) is 5. The Morgan fingerprint density at radius 1 is 1.11 bits per heavy atom. The van der Waals surface area contributed by atoms with Gasteiger partial charge in [0, 0.05) is 25.7 Å². The number of rotatable bonds is 7. The van der Waals surface area contributed by atoms with Crippen LogP contribution in [0.15, 0.2) is 30.3 Å². The van der Waals surface area contributed by atoms with E-state index in [1.807, 2.05) is 51.1 Å². The van der Waals surface area contributed by atoms with Gasteiger partial charge in [-0.3, -0.25) is 0 Å². The second-order valence-corrected chi connectivity index (χ2v) is 8.10. The number of ether oxygens (including phenoxy) is 2. The molecule has 0 radical (unpaired) electrons. The van der Waals surface area contributed by atoms with Crippen LogP contribution < -0.4 is 10.6 Å². The Balaban J connectivity index is 1.53. The van der Waals surface area contributed by atoms with Crippen LogP contribution in [0.2, 0.25) is 0 Å². The minimum Gasteiger partial charge on any atom is -0.445 e. The highest BCUT2D eigenvalue weighted by Gasteiger charge is 2.21. The third kappa shape index (κ3) is 9.08. The molecule has 1 aliphatic rings. The zero-order valence-electron chi connectivity index (χ0n) is 17.2. The molecule has 1 aliphatic heterocycles. The molecule has 156 valence electrons. The monoisotopic (exact) mass is 391 g/mol. The number of amides is 2. The lowest BCUT2D eigenvalue weighted by Crippen LogP contribution is -2.45. The first-order valence-electron chi connectivity index (χ1n) is 9.98. The van der Waals surface area contributed by atoms with Gasteiger partial charge in [-0.1, -0.05) is 30.3 Å². The second-order valence-electron chi connectivity index (χ2n) is 8.10. The first-order valence-corrected chi connectivity index (χ1v) is 9.98. The summed E-state index contributed by atoms with van der Waals surface area (Å²) in [7, 11) is 0. The van der Waals surface area contributed by atoms with Gasteiger partial charge in [0.05, 0.1) is 0 Å². The number of carbonyl (C=O) groups is 2. The smallest absolute Gasteiger partial charge is 0.407 e. The van der Waals surface area contributed by atoms with Crippen molar-refractivity contribution in [1.82, 2.24) is 15.5 Å². The van der Waals surface area contributed by atoms with Crippen molar-refractivity contribution in [1.29, 1.82) is 0 Å². The maximum absolute atomic E-state index is 11.9. The lowest BCUT2D eigenvalue weighted by molar-refractivity contribution is 0.0525. The number of carbonyl (C=O) groups excluding carboxylic acids is 2. The van der Waals surface area contributed by atoms with Crippen molar-refractivity contribution in [3.63, 3.8) is 0 Å². The molecule has 0 atom stereocenters. The number of alkyl carbamates (subject to hydrolysis) is 2. The van der Waals surface area contributed by atoms with E-state index in [2.05, 4.69) is 15.5 Å². The topological polar surface area (TPSA) is 79.9 Å². The molecule has 7 nitrogen and oxygen atoms in total. The summed E-state index contributed by atoms with van der Waals surface area (Å²) in [6, 6.07) is 9.81. The quantitative estimate of drug-likeness (QED) is 0.697. The molecule has 0 aromatic heterocycles. The standard InChI is InChI=1S/C21H33N3O4/c1-21(2,3)28-19(25)22-12-7-13-24-14-10-18(11-15-24)23-20(26)27-16-17-8-5-4-6-9-17/h4-6,8-9,18H,7,10-16H2,1-3H3,(H,22,25)(H,23,26). The predicted molar refractivity (Wildman–Crippen MR) is 108 cm³/mol. The average Bonchev–Trinajstić information content (AvgIpc) is 2.64. The lowest BCUT2D eigenvalue weighted by Gasteiger charge is -2.32. The van der Waals surface area contributed by atoms with Crippen LogP contribution in [0.1, 0.15) is 45.6 Å². The number of piperidine rings is 1. The minimum atomic E-state index is -0.471. The normalized spacial score (nSPS) is 15.7. The van der Waals surface area contributed by atoms with Gasteiger partial charge >= 0.3 is 12.2 Å². The zero-order chi connectivity index (χ0) is 20.4. The van der Waals surface area contributed by atoms with Crippen LogP contribution in [0, 0.1) is 0 Å². The molecule has 2 N–H and O–H groups in total. The molecule has 2 amide bonds. The fourth-order valence-corrected chi connectivity index (χ4v) is 3.04. The van der Waals surface area contributed by atoms with Crippen molar-refractivity contribution in [2.75, 3.05) is 26.2 Å². The van der Waals surface area contributed by atoms with E-state index in [9.17, 15) is 9.59 Å². The van der Waals surface area contributed by atoms with Crippen LogP contribution in [0.25, 0.3) is 0 Å². The molecular formula is C21H33N3O4. The molecule has 2 rings (SSSR count). The number of benzene rings is 1. The second kappa shape index (κ2) is 10.9. The van der Waals surface area contributed by atoms with Gasteiger partial charge in [-0.2, -0.15) is 0 Å². The number of nitrogens with one attached hydrogen (secondary N) is 2. The van der Waals surface area contributed by atoms with E-state index in [-0.39, 0.29) is 24.8 Å². The van der Waals surface area contributed by atoms with Crippen LogP contribution in [-0.2, 0) is 16.1 Å². The largest absolute Gasteiger partial charge is 0.445 e. The Hall–Kier alpha value is -2.28. The van der Waals surface area contributed by atoms with Crippen LogP contribution in [0.3, 0.4) is 0 Å². The molecule has 1 saturated heterocycles. The van der Waals surface area contributed by atoms with Crippen LogP contribution >= 0.6 is 0 Å². The van der Waals surface area contributed by atoms with Gasteiger partial charge in [0.15, 0.2) is 0 Å². The summed E-state index contributed by atoms with van der Waals surface area (Å²) in [4.78, 5) is 25.9. The average molecular weight is 392 g/mol. The van der Waals surface area contributed by atoms with E-state index in [0.717, 1.165) is 44.5 Å².